The maximum Gasteiger partial charge on any atom is 0.253 e. The summed E-state index contributed by atoms with van der Waals surface area (Å²) in [6.45, 7) is 1.12. The molecular formula is C26H23F2N3O. The predicted molar refractivity (Wildman–Crippen MR) is 122 cm³/mol. The molecule has 0 radical (unpaired) electrons. The van der Waals surface area contributed by atoms with Crippen LogP contribution in [0.1, 0.15) is 16.8 Å². The fourth-order valence-electron chi connectivity index (χ4n) is 4.46. The molecule has 1 atom stereocenters. The van der Waals surface area contributed by atoms with Crippen LogP contribution < -0.4 is 5.73 Å². The minimum absolute atomic E-state index is 0.0207. The molecule has 3 aromatic carbocycles. The summed E-state index contributed by atoms with van der Waals surface area (Å²) < 4.78 is 31.1. The summed E-state index contributed by atoms with van der Waals surface area (Å²) in [7, 11) is 1.87. The Morgan fingerprint density at radius 3 is 2.59 bits per heavy atom. The molecule has 4 aromatic rings. The zero-order valence-corrected chi connectivity index (χ0v) is 17.7. The number of aryl methyl sites for hydroxylation is 1. The molecule has 32 heavy (non-hydrogen) atoms. The van der Waals surface area contributed by atoms with Gasteiger partial charge < -0.3 is 15.2 Å². The number of fused-ring (bicyclic) bond motifs is 1. The van der Waals surface area contributed by atoms with Crippen molar-refractivity contribution in [2.75, 3.05) is 13.1 Å². The highest BCUT2D eigenvalue weighted by atomic mass is 19.1. The zero-order valence-electron chi connectivity index (χ0n) is 17.7. The van der Waals surface area contributed by atoms with Crippen LogP contribution in [-0.2, 0) is 7.05 Å². The average Bonchev–Trinajstić information content (AvgIpc) is 3.38. The number of nitrogens with zero attached hydrogens (tertiary/aromatic N) is 2. The van der Waals surface area contributed by atoms with E-state index in [1.807, 2.05) is 23.9 Å². The lowest BCUT2D eigenvalue weighted by molar-refractivity contribution is 0.0791. The first-order valence-corrected chi connectivity index (χ1v) is 10.6. The van der Waals surface area contributed by atoms with Gasteiger partial charge in [0, 0.05) is 48.9 Å². The Morgan fingerprint density at radius 2 is 1.84 bits per heavy atom. The summed E-state index contributed by atoms with van der Waals surface area (Å²) >= 11 is 0. The van der Waals surface area contributed by atoms with Gasteiger partial charge in [0.2, 0.25) is 0 Å². The molecule has 1 saturated heterocycles. The maximum atomic E-state index is 15.2. The molecule has 2 N–H and O–H groups in total. The fourth-order valence-corrected chi connectivity index (χ4v) is 4.46. The average molecular weight is 431 g/mol. The number of benzene rings is 3. The Morgan fingerprint density at radius 1 is 1.00 bits per heavy atom. The molecule has 1 aliphatic rings. The summed E-state index contributed by atoms with van der Waals surface area (Å²) in [6, 6.07) is 16.5. The van der Waals surface area contributed by atoms with Gasteiger partial charge in [0.25, 0.3) is 5.91 Å². The molecule has 162 valence electrons. The van der Waals surface area contributed by atoms with E-state index in [2.05, 4.69) is 0 Å². The van der Waals surface area contributed by atoms with Crippen LogP contribution in [0.15, 0.2) is 66.9 Å². The van der Waals surface area contributed by atoms with Gasteiger partial charge in [-0.2, -0.15) is 0 Å². The largest absolute Gasteiger partial charge is 0.350 e. The predicted octanol–water partition coefficient (Wildman–Crippen LogP) is 4.96. The molecule has 1 aliphatic heterocycles. The Labute approximate surface area is 184 Å². The van der Waals surface area contributed by atoms with Crippen molar-refractivity contribution in [2.24, 2.45) is 12.8 Å². The molecule has 0 saturated carbocycles. The van der Waals surface area contributed by atoms with Crippen molar-refractivity contribution in [1.82, 2.24) is 9.47 Å². The van der Waals surface area contributed by atoms with Crippen molar-refractivity contribution in [2.45, 2.75) is 12.5 Å². The maximum absolute atomic E-state index is 15.2. The SMILES string of the molecule is Cn1ccc2cc(-c3ccc(C(=O)N4CC[C@H](N)C4)cc3-c3cccc(F)c3)c(F)cc21. The van der Waals surface area contributed by atoms with Crippen LogP contribution >= 0.6 is 0 Å². The summed E-state index contributed by atoms with van der Waals surface area (Å²) in [5.41, 5.74) is 9.43. The minimum atomic E-state index is -0.394. The topological polar surface area (TPSA) is 51.3 Å². The number of carbonyl (C=O) groups is 1. The van der Waals surface area contributed by atoms with Crippen LogP contribution in [0.3, 0.4) is 0 Å². The number of aromatic nitrogens is 1. The van der Waals surface area contributed by atoms with Crippen LogP contribution in [0, 0.1) is 11.6 Å². The van der Waals surface area contributed by atoms with E-state index in [1.165, 1.54) is 18.2 Å². The van der Waals surface area contributed by atoms with Crippen LogP contribution in [0.2, 0.25) is 0 Å². The summed E-state index contributed by atoms with van der Waals surface area (Å²) in [5, 5.41) is 0.903. The first-order valence-electron chi connectivity index (χ1n) is 10.6. The van der Waals surface area contributed by atoms with Gasteiger partial charge in [0.05, 0.1) is 5.52 Å². The molecule has 6 heteroatoms. The first kappa shape index (κ1) is 20.4. The van der Waals surface area contributed by atoms with Gasteiger partial charge in [-0.15, -0.1) is 0 Å². The van der Waals surface area contributed by atoms with E-state index in [4.69, 9.17) is 5.73 Å². The van der Waals surface area contributed by atoms with Gasteiger partial charge >= 0.3 is 0 Å². The lowest BCUT2D eigenvalue weighted by atomic mass is 9.91. The highest BCUT2D eigenvalue weighted by molar-refractivity contribution is 5.98. The van der Waals surface area contributed by atoms with Gasteiger partial charge in [-0.25, -0.2) is 8.78 Å². The Balaban J connectivity index is 1.67. The normalized spacial score (nSPS) is 16.1. The van der Waals surface area contributed by atoms with Gasteiger partial charge in [-0.05, 0) is 65.6 Å². The van der Waals surface area contributed by atoms with E-state index in [-0.39, 0.29) is 17.8 Å². The van der Waals surface area contributed by atoms with Crippen molar-refractivity contribution in [3.8, 4) is 22.3 Å². The molecule has 5 rings (SSSR count). The molecule has 0 bridgehead atoms. The number of likely N-dealkylation sites (tertiary alicyclic amines) is 1. The van der Waals surface area contributed by atoms with Gasteiger partial charge in [-0.1, -0.05) is 18.2 Å². The number of hydrogen-bond acceptors (Lipinski definition) is 2. The Hall–Kier alpha value is -3.51. The van der Waals surface area contributed by atoms with E-state index in [1.54, 1.807) is 41.3 Å². The van der Waals surface area contributed by atoms with Crippen molar-refractivity contribution in [3.63, 3.8) is 0 Å². The van der Waals surface area contributed by atoms with Crippen molar-refractivity contribution in [3.05, 3.63) is 84.1 Å². The van der Waals surface area contributed by atoms with Crippen molar-refractivity contribution in [1.29, 1.82) is 0 Å². The third-order valence-electron chi connectivity index (χ3n) is 6.18. The third kappa shape index (κ3) is 3.56. The van der Waals surface area contributed by atoms with Crippen LogP contribution in [0.4, 0.5) is 8.78 Å². The molecule has 1 fully saturated rings. The number of carbonyl (C=O) groups excluding carboxylic acids is 1. The van der Waals surface area contributed by atoms with Gasteiger partial charge in [-0.3, -0.25) is 4.79 Å². The quantitative estimate of drug-likeness (QED) is 0.498. The standard InChI is InChI=1S/C26H23F2N3O/c1-30-9-7-17-12-23(24(28)14-25(17)30)21-6-5-18(26(32)31-10-8-20(29)15-31)13-22(21)16-3-2-4-19(27)11-16/h2-7,9,11-14,20H,8,10,15,29H2,1H3/t20-/m0/s1. The second-order valence-electron chi connectivity index (χ2n) is 8.39. The fraction of sp³-hybridized carbons (Fsp3) is 0.192. The highest BCUT2D eigenvalue weighted by Gasteiger charge is 2.25. The van der Waals surface area contributed by atoms with Crippen molar-refractivity contribution < 1.29 is 13.6 Å². The lowest BCUT2D eigenvalue weighted by Gasteiger charge is -2.18. The number of rotatable bonds is 3. The van der Waals surface area contributed by atoms with E-state index in [0.29, 0.717) is 40.9 Å². The zero-order chi connectivity index (χ0) is 22.4. The number of hydrogen-bond donors (Lipinski definition) is 1. The number of halogens is 2. The lowest BCUT2D eigenvalue weighted by Crippen LogP contribution is -2.31. The summed E-state index contributed by atoms with van der Waals surface area (Å²) in [5.74, 6) is -0.891. The second kappa shape index (κ2) is 7.88. The minimum Gasteiger partial charge on any atom is -0.350 e. The number of amides is 1. The smallest absolute Gasteiger partial charge is 0.253 e. The molecule has 0 spiro atoms. The monoisotopic (exact) mass is 431 g/mol. The molecular weight excluding hydrogens is 408 g/mol. The summed E-state index contributed by atoms with van der Waals surface area (Å²) in [4.78, 5) is 14.8. The third-order valence-corrected chi connectivity index (χ3v) is 6.18. The molecule has 0 aliphatic carbocycles. The molecule has 0 unspecified atom stereocenters. The second-order valence-corrected chi connectivity index (χ2v) is 8.39. The molecule has 1 aromatic heterocycles. The van der Waals surface area contributed by atoms with Crippen LogP contribution in [0.5, 0.6) is 0 Å². The van der Waals surface area contributed by atoms with Gasteiger partial charge in [0.15, 0.2) is 0 Å². The van der Waals surface area contributed by atoms with Crippen LogP contribution in [-0.4, -0.2) is 34.5 Å². The Bertz CT molecular complexity index is 1340. The highest BCUT2D eigenvalue weighted by Crippen LogP contribution is 2.37. The summed E-state index contributed by atoms with van der Waals surface area (Å²) in [6.07, 6.45) is 2.65. The van der Waals surface area contributed by atoms with Crippen molar-refractivity contribution >= 4 is 16.8 Å². The number of nitrogens with two attached hydrogens (primary N) is 1. The molecule has 2 heterocycles. The van der Waals surface area contributed by atoms with E-state index < -0.39 is 5.82 Å². The Kier molecular flexibility index (Phi) is 5.02. The first-order chi connectivity index (χ1) is 15.4. The molecule has 1 amide bonds. The van der Waals surface area contributed by atoms with Gasteiger partial charge in [0.1, 0.15) is 11.6 Å². The van der Waals surface area contributed by atoms with E-state index in [0.717, 1.165) is 17.3 Å². The van der Waals surface area contributed by atoms with Crippen LogP contribution in [0.25, 0.3) is 33.2 Å². The van der Waals surface area contributed by atoms with E-state index >= 15 is 4.39 Å². The van der Waals surface area contributed by atoms with E-state index in [9.17, 15) is 9.18 Å². The molecule has 4 nitrogen and oxygen atoms in total.